The van der Waals surface area contributed by atoms with Gasteiger partial charge in [0.15, 0.2) is 0 Å². The highest BCUT2D eigenvalue weighted by atomic mass is 16.2. The van der Waals surface area contributed by atoms with Crippen molar-refractivity contribution >= 4 is 28.9 Å². The number of rotatable bonds is 3. The molecule has 2 aromatic carbocycles. The van der Waals surface area contributed by atoms with Crippen LogP contribution in [0.5, 0.6) is 0 Å². The van der Waals surface area contributed by atoms with Gasteiger partial charge in [0.2, 0.25) is 0 Å². The summed E-state index contributed by atoms with van der Waals surface area (Å²) in [5.74, 6) is -0.424. The Morgan fingerprint density at radius 3 is 2.69 bits per heavy atom. The number of aromatic nitrogens is 1. The summed E-state index contributed by atoms with van der Waals surface area (Å²) in [6.07, 6.45) is 3.39. The molecule has 0 saturated carbocycles. The number of nitrogens with one attached hydrogen (secondary N) is 3. The van der Waals surface area contributed by atoms with Crippen LogP contribution in [0.1, 0.15) is 26.3 Å². The number of carbonyl (C=O) groups excluding carboxylic acids is 2. The van der Waals surface area contributed by atoms with Crippen LogP contribution in [-0.2, 0) is 6.54 Å². The van der Waals surface area contributed by atoms with Gasteiger partial charge in [-0.2, -0.15) is 0 Å². The molecule has 0 spiro atoms. The molecule has 4 rings (SSSR count). The number of para-hydroxylation sites is 1. The van der Waals surface area contributed by atoms with Crippen LogP contribution in [0.25, 0.3) is 0 Å². The van der Waals surface area contributed by atoms with E-state index in [-0.39, 0.29) is 11.8 Å². The van der Waals surface area contributed by atoms with Crippen LogP contribution in [0.15, 0.2) is 67.0 Å². The van der Waals surface area contributed by atoms with Crippen molar-refractivity contribution in [1.82, 2.24) is 10.3 Å². The normalized spacial score (nSPS) is 12.1. The molecule has 0 atom stereocenters. The third-order valence-electron chi connectivity index (χ3n) is 4.15. The number of hydrogen-bond acceptors (Lipinski definition) is 4. The minimum absolute atomic E-state index is 0.209. The second-order valence-electron chi connectivity index (χ2n) is 5.93. The van der Waals surface area contributed by atoms with Crippen LogP contribution in [0.4, 0.5) is 17.1 Å². The van der Waals surface area contributed by atoms with Crippen molar-refractivity contribution < 1.29 is 9.59 Å². The second-order valence-corrected chi connectivity index (χ2v) is 5.93. The molecule has 0 bridgehead atoms. The van der Waals surface area contributed by atoms with Crippen molar-refractivity contribution in [2.75, 3.05) is 10.6 Å². The molecule has 0 radical (unpaired) electrons. The average molecular weight is 344 g/mol. The van der Waals surface area contributed by atoms with Crippen LogP contribution in [-0.4, -0.2) is 16.8 Å². The zero-order valence-corrected chi connectivity index (χ0v) is 13.8. The van der Waals surface area contributed by atoms with E-state index in [0.29, 0.717) is 23.4 Å². The van der Waals surface area contributed by atoms with E-state index in [0.717, 1.165) is 16.9 Å². The Kier molecular flexibility index (Phi) is 4.07. The summed E-state index contributed by atoms with van der Waals surface area (Å²) in [7, 11) is 0. The monoisotopic (exact) mass is 344 g/mol. The number of benzene rings is 2. The van der Waals surface area contributed by atoms with Crippen molar-refractivity contribution in [3.05, 3.63) is 83.7 Å². The molecule has 1 aliphatic rings. The lowest BCUT2D eigenvalue weighted by atomic mass is 10.1. The Hall–Kier alpha value is -3.67. The van der Waals surface area contributed by atoms with Crippen molar-refractivity contribution in [1.29, 1.82) is 0 Å². The molecule has 6 heteroatoms. The van der Waals surface area contributed by atoms with Gasteiger partial charge in [-0.15, -0.1) is 0 Å². The number of amides is 2. The van der Waals surface area contributed by atoms with Crippen LogP contribution >= 0.6 is 0 Å². The fourth-order valence-corrected chi connectivity index (χ4v) is 2.81. The molecule has 0 saturated heterocycles. The van der Waals surface area contributed by atoms with Gasteiger partial charge in [0.05, 0.1) is 22.6 Å². The smallest absolute Gasteiger partial charge is 0.257 e. The molecule has 1 aromatic heterocycles. The lowest BCUT2D eigenvalue weighted by Gasteiger charge is -2.11. The molecule has 3 N–H and O–H groups in total. The van der Waals surface area contributed by atoms with Crippen LogP contribution in [0, 0.1) is 0 Å². The van der Waals surface area contributed by atoms with E-state index in [9.17, 15) is 9.59 Å². The Morgan fingerprint density at radius 2 is 1.85 bits per heavy atom. The molecule has 128 valence electrons. The maximum Gasteiger partial charge on any atom is 0.257 e. The van der Waals surface area contributed by atoms with Crippen molar-refractivity contribution in [2.24, 2.45) is 0 Å². The summed E-state index contributed by atoms with van der Waals surface area (Å²) >= 11 is 0. The highest BCUT2D eigenvalue weighted by Crippen LogP contribution is 2.32. The molecule has 0 fully saturated rings. The van der Waals surface area contributed by atoms with E-state index < -0.39 is 0 Å². The average Bonchev–Trinajstić information content (AvgIpc) is 2.82. The van der Waals surface area contributed by atoms with Gasteiger partial charge in [0.1, 0.15) is 0 Å². The number of pyridine rings is 1. The predicted molar refractivity (Wildman–Crippen MR) is 99.5 cm³/mol. The molecule has 26 heavy (non-hydrogen) atoms. The van der Waals surface area contributed by atoms with Crippen molar-refractivity contribution in [2.45, 2.75) is 6.54 Å². The van der Waals surface area contributed by atoms with E-state index >= 15 is 0 Å². The first-order chi connectivity index (χ1) is 12.7. The highest BCUT2D eigenvalue weighted by molar-refractivity contribution is 6.12. The van der Waals surface area contributed by atoms with E-state index in [1.54, 1.807) is 36.7 Å². The maximum atomic E-state index is 12.4. The zero-order chi connectivity index (χ0) is 17.9. The standard InChI is InChI=1S/C20H16N4O2/c25-19(22-12-13-4-3-9-21-11-13)14-7-8-17-18(10-14)24-20(26)15-5-1-2-6-16(15)23-17/h1-11,23H,12H2,(H,22,25)(H,24,26). The fraction of sp³-hybridized carbons (Fsp3) is 0.0500. The largest absolute Gasteiger partial charge is 0.353 e. The molecule has 6 nitrogen and oxygen atoms in total. The number of hydrogen-bond donors (Lipinski definition) is 3. The van der Waals surface area contributed by atoms with Gasteiger partial charge >= 0.3 is 0 Å². The zero-order valence-electron chi connectivity index (χ0n) is 13.8. The number of fused-ring (bicyclic) bond motifs is 2. The summed E-state index contributed by atoms with van der Waals surface area (Å²) in [5, 5.41) is 8.94. The van der Waals surface area contributed by atoms with E-state index in [1.165, 1.54) is 0 Å². The summed E-state index contributed by atoms with van der Waals surface area (Å²) in [4.78, 5) is 28.9. The lowest BCUT2D eigenvalue weighted by Crippen LogP contribution is -2.23. The topological polar surface area (TPSA) is 83.1 Å². The predicted octanol–water partition coefficient (Wildman–Crippen LogP) is 3.32. The van der Waals surface area contributed by atoms with Crippen LogP contribution in [0.3, 0.4) is 0 Å². The van der Waals surface area contributed by atoms with Crippen LogP contribution < -0.4 is 16.0 Å². The molecule has 1 aliphatic heterocycles. The molecule has 2 heterocycles. The van der Waals surface area contributed by atoms with Crippen LogP contribution in [0.2, 0.25) is 0 Å². The molecule has 3 aromatic rings. The summed E-state index contributed by atoms with van der Waals surface area (Å²) in [6, 6.07) is 16.2. The summed E-state index contributed by atoms with van der Waals surface area (Å²) in [5.41, 5.74) is 4.00. The Labute approximate surface area is 150 Å². The van der Waals surface area contributed by atoms with Crippen molar-refractivity contribution in [3.8, 4) is 0 Å². The van der Waals surface area contributed by atoms with Gasteiger partial charge in [-0.1, -0.05) is 18.2 Å². The molecule has 2 amide bonds. The minimum Gasteiger partial charge on any atom is -0.353 e. The van der Waals surface area contributed by atoms with Gasteiger partial charge in [0, 0.05) is 24.5 Å². The lowest BCUT2D eigenvalue weighted by molar-refractivity contribution is 0.0949. The highest BCUT2D eigenvalue weighted by Gasteiger charge is 2.19. The van der Waals surface area contributed by atoms with E-state index in [2.05, 4.69) is 20.9 Å². The third-order valence-corrected chi connectivity index (χ3v) is 4.15. The number of carbonyl (C=O) groups is 2. The first kappa shape index (κ1) is 15.8. The number of nitrogens with zero attached hydrogens (tertiary/aromatic N) is 1. The van der Waals surface area contributed by atoms with E-state index in [1.807, 2.05) is 30.3 Å². The van der Waals surface area contributed by atoms with Gasteiger partial charge in [-0.25, -0.2) is 0 Å². The maximum absolute atomic E-state index is 12.4. The van der Waals surface area contributed by atoms with Gasteiger partial charge in [-0.3, -0.25) is 14.6 Å². The first-order valence-corrected chi connectivity index (χ1v) is 8.19. The Bertz CT molecular complexity index is 986. The van der Waals surface area contributed by atoms with Crippen molar-refractivity contribution in [3.63, 3.8) is 0 Å². The summed E-state index contributed by atoms with van der Waals surface area (Å²) < 4.78 is 0. The Morgan fingerprint density at radius 1 is 0.962 bits per heavy atom. The number of anilines is 3. The van der Waals surface area contributed by atoms with Gasteiger partial charge < -0.3 is 16.0 Å². The second kappa shape index (κ2) is 6.68. The third kappa shape index (κ3) is 3.12. The molecular formula is C20H16N4O2. The Balaban J connectivity index is 1.55. The molecular weight excluding hydrogens is 328 g/mol. The minimum atomic E-state index is -0.215. The van der Waals surface area contributed by atoms with Gasteiger partial charge in [0.25, 0.3) is 11.8 Å². The molecule has 0 unspecified atom stereocenters. The fourth-order valence-electron chi connectivity index (χ4n) is 2.81. The first-order valence-electron chi connectivity index (χ1n) is 8.19. The summed E-state index contributed by atoms with van der Waals surface area (Å²) in [6.45, 7) is 0.389. The van der Waals surface area contributed by atoms with Gasteiger partial charge in [-0.05, 0) is 42.0 Å². The molecule has 0 aliphatic carbocycles. The SMILES string of the molecule is O=C(NCc1cccnc1)c1ccc2c(c1)NC(=O)c1ccccc1N2. The van der Waals surface area contributed by atoms with E-state index in [4.69, 9.17) is 0 Å². The quantitative estimate of drug-likeness (QED) is 0.681.